The van der Waals surface area contributed by atoms with E-state index in [1.54, 1.807) is 50.4 Å². The highest BCUT2D eigenvalue weighted by molar-refractivity contribution is 6.08. The molecule has 3 aromatic heterocycles. The van der Waals surface area contributed by atoms with Gasteiger partial charge in [-0.3, -0.25) is 4.79 Å². The molecule has 1 aliphatic heterocycles. The number of carboxylic acid groups (broad SMARTS) is 1. The molecule has 0 saturated heterocycles. The first-order chi connectivity index (χ1) is 15.3. The molecule has 1 aliphatic rings. The molecule has 9 nitrogen and oxygen atoms in total. The number of rotatable bonds is 4. The van der Waals surface area contributed by atoms with E-state index in [2.05, 4.69) is 25.4 Å². The van der Waals surface area contributed by atoms with Gasteiger partial charge in [0, 0.05) is 17.3 Å². The molecule has 0 aliphatic carbocycles. The van der Waals surface area contributed by atoms with Crippen LogP contribution in [0.2, 0.25) is 0 Å². The largest absolute Gasteiger partial charge is 0.476 e. The lowest BCUT2D eigenvalue weighted by molar-refractivity contribution is -0.119. The van der Waals surface area contributed by atoms with Crippen LogP contribution in [0.3, 0.4) is 0 Å². The third-order valence-corrected chi connectivity index (χ3v) is 5.53. The van der Waals surface area contributed by atoms with Gasteiger partial charge in [-0.25, -0.2) is 28.8 Å². The molecule has 10 heteroatoms. The summed E-state index contributed by atoms with van der Waals surface area (Å²) in [7, 11) is 0. The van der Waals surface area contributed by atoms with Gasteiger partial charge in [0.25, 0.3) is 0 Å². The van der Waals surface area contributed by atoms with Crippen molar-refractivity contribution in [3.63, 3.8) is 0 Å². The number of pyridine rings is 1. The second kappa shape index (κ2) is 6.91. The predicted octanol–water partition coefficient (Wildman–Crippen LogP) is 3.00. The zero-order valence-electron chi connectivity index (χ0n) is 17.1. The highest BCUT2D eigenvalue weighted by Crippen LogP contribution is 2.39. The van der Waals surface area contributed by atoms with Crippen LogP contribution in [0.1, 0.15) is 35.5 Å². The SMILES string of the molecule is CC1(C)C(=O)Nc2nc(-c3nn(Cc4ccccc4F)c4ncccc34)nc(C(=O)O)c21. The Balaban J connectivity index is 1.71. The van der Waals surface area contributed by atoms with Crippen molar-refractivity contribution in [3.05, 3.63) is 65.2 Å². The first-order valence-corrected chi connectivity index (χ1v) is 9.80. The Morgan fingerprint density at radius 3 is 2.72 bits per heavy atom. The number of aromatic nitrogens is 5. The lowest BCUT2D eigenvalue weighted by Crippen LogP contribution is -2.28. The lowest BCUT2D eigenvalue weighted by atomic mass is 9.85. The van der Waals surface area contributed by atoms with E-state index in [0.717, 1.165) is 0 Å². The molecule has 1 aromatic carbocycles. The number of carbonyl (C=O) groups excluding carboxylic acids is 1. The first-order valence-electron chi connectivity index (χ1n) is 9.80. The van der Waals surface area contributed by atoms with E-state index in [4.69, 9.17) is 0 Å². The minimum Gasteiger partial charge on any atom is -0.476 e. The molecule has 5 rings (SSSR count). The summed E-state index contributed by atoms with van der Waals surface area (Å²) in [5.74, 6) is -1.84. The normalized spacial score (nSPS) is 14.4. The molecule has 0 radical (unpaired) electrons. The van der Waals surface area contributed by atoms with E-state index in [0.29, 0.717) is 16.6 Å². The van der Waals surface area contributed by atoms with Gasteiger partial charge in [0.05, 0.1) is 17.3 Å². The molecular weight excluding hydrogens is 415 g/mol. The van der Waals surface area contributed by atoms with E-state index >= 15 is 0 Å². The number of nitrogens with zero attached hydrogens (tertiary/aromatic N) is 5. The van der Waals surface area contributed by atoms with E-state index in [1.165, 1.54) is 10.7 Å². The minimum atomic E-state index is -1.28. The van der Waals surface area contributed by atoms with Gasteiger partial charge in [0.15, 0.2) is 17.2 Å². The smallest absolute Gasteiger partial charge is 0.355 e. The highest BCUT2D eigenvalue weighted by Gasteiger charge is 2.44. The van der Waals surface area contributed by atoms with Crippen molar-refractivity contribution >= 4 is 28.7 Å². The number of amides is 1. The van der Waals surface area contributed by atoms with E-state index in [-0.39, 0.29) is 46.9 Å². The van der Waals surface area contributed by atoms with Crippen molar-refractivity contribution in [1.29, 1.82) is 0 Å². The number of anilines is 1. The fourth-order valence-corrected chi connectivity index (χ4v) is 3.85. The van der Waals surface area contributed by atoms with Gasteiger partial charge in [-0.05, 0) is 32.0 Å². The molecular formula is C22H17FN6O3. The standard InChI is InChI=1S/C22H17FN6O3/c1-22(2)14-16(20(30)31)25-18(26-17(14)27-21(22)32)15-12-7-5-9-24-19(12)29(28-15)10-11-6-3-4-8-13(11)23/h3-9H,10H2,1-2H3,(H,30,31)(H,25,26,27,32). The summed E-state index contributed by atoms with van der Waals surface area (Å²) in [6.07, 6.45) is 1.58. The molecule has 0 saturated carbocycles. The zero-order chi connectivity index (χ0) is 22.6. The van der Waals surface area contributed by atoms with Crippen LogP contribution < -0.4 is 5.32 Å². The summed E-state index contributed by atoms with van der Waals surface area (Å²) in [6, 6.07) is 9.80. The van der Waals surface area contributed by atoms with Crippen molar-refractivity contribution < 1.29 is 19.1 Å². The second-order valence-corrected chi connectivity index (χ2v) is 7.98. The number of hydrogen-bond acceptors (Lipinski definition) is 6. The molecule has 0 bridgehead atoms. The Hall–Kier alpha value is -4.21. The fourth-order valence-electron chi connectivity index (χ4n) is 3.85. The summed E-state index contributed by atoms with van der Waals surface area (Å²) < 4.78 is 15.7. The Morgan fingerprint density at radius 2 is 1.97 bits per heavy atom. The van der Waals surface area contributed by atoms with Crippen LogP contribution in [0, 0.1) is 5.82 Å². The van der Waals surface area contributed by atoms with Crippen LogP contribution in [0.5, 0.6) is 0 Å². The van der Waals surface area contributed by atoms with Gasteiger partial charge >= 0.3 is 5.97 Å². The van der Waals surface area contributed by atoms with Crippen molar-refractivity contribution in [3.8, 4) is 11.5 Å². The molecule has 2 N–H and O–H groups in total. The quantitative estimate of drug-likeness (QED) is 0.508. The van der Waals surface area contributed by atoms with Gasteiger partial charge in [-0.15, -0.1) is 0 Å². The number of benzene rings is 1. The highest BCUT2D eigenvalue weighted by atomic mass is 19.1. The molecule has 0 fully saturated rings. The van der Waals surface area contributed by atoms with Crippen molar-refractivity contribution in [1.82, 2.24) is 24.7 Å². The van der Waals surface area contributed by atoms with Crippen LogP contribution in [0.25, 0.3) is 22.6 Å². The Labute approximate surface area is 181 Å². The zero-order valence-corrected chi connectivity index (χ0v) is 17.1. The Bertz CT molecular complexity index is 1430. The number of nitrogens with one attached hydrogen (secondary N) is 1. The van der Waals surface area contributed by atoms with E-state index in [9.17, 15) is 19.1 Å². The fraction of sp³-hybridized carbons (Fsp3) is 0.182. The molecule has 0 unspecified atom stereocenters. The number of carbonyl (C=O) groups is 2. The molecule has 0 spiro atoms. The number of hydrogen-bond donors (Lipinski definition) is 2. The summed E-state index contributed by atoms with van der Waals surface area (Å²) in [6.45, 7) is 3.35. The topological polar surface area (TPSA) is 123 Å². The molecule has 32 heavy (non-hydrogen) atoms. The number of halogens is 1. The Morgan fingerprint density at radius 1 is 1.19 bits per heavy atom. The van der Waals surface area contributed by atoms with Gasteiger partial charge in [0.2, 0.25) is 5.91 Å². The van der Waals surface area contributed by atoms with Crippen molar-refractivity contribution in [2.45, 2.75) is 25.8 Å². The monoisotopic (exact) mass is 432 g/mol. The molecule has 4 aromatic rings. The van der Waals surface area contributed by atoms with Crippen LogP contribution >= 0.6 is 0 Å². The second-order valence-electron chi connectivity index (χ2n) is 7.98. The third kappa shape index (κ3) is 2.91. The maximum atomic E-state index is 14.2. The summed E-state index contributed by atoms with van der Waals surface area (Å²) >= 11 is 0. The maximum absolute atomic E-state index is 14.2. The number of carboxylic acids is 1. The van der Waals surface area contributed by atoms with E-state index < -0.39 is 11.4 Å². The first kappa shape index (κ1) is 19.7. The average molecular weight is 432 g/mol. The number of fused-ring (bicyclic) bond motifs is 2. The molecule has 160 valence electrons. The summed E-state index contributed by atoms with van der Waals surface area (Å²) in [5.41, 5.74) is 0.0464. The van der Waals surface area contributed by atoms with Crippen molar-refractivity contribution in [2.24, 2.45) is 0 Å². The van der Waals surface area contributed by atoms with Crippen LogP contribution in [0.15, 0.2) is 42.6 Å². The van der Waals surface area contributed by atoms with Gasteiger partial charge in [-0.1, -0.05) is 18.2 Å². The van der Waals surface area contributed by atoms with Crippen LogP contribution in [0.4, 0.5) is 10.2 Å². The maximum Gasteiger partial charge on any atom is 0.355 e. The number of aromatic carboxylic acids is 1. The van der Waals surface area contributed by atoms with Crippen molar-refractivity contribution in [2.75, 3.05) is 5.32 Å². The minimum absolute atomic E-state index is 0.0319. The predicted molar refractivity (Wildman–Crippen MR) is 113 cm³/mol. The van der Waals surface area contributed by atoms with Crippen LogP contribution in [-0.2, 0) is 16.8 Å². The molecule has 4 heterocycles. The summed E-state index contributed by atoms with van der Waals surface area (Å²) in [4.78, 5) is 37.4. The Kier molecular flexibility index (Phi) is 4.26. The molecule has 1 amide bonds. The van der Waals surface area contributed by atoms with Crippen LogP contribution in [-0.4, -0.2) is 41.7 Å². The van der Waals surface area contributed by atoms with Gasteiger partial charge < -0.3 is 10.4 Å². The third-order valence-electron chi connectivity index (χ3n) is 5.53. The van der Waals surface area contributed by atoms with E-state index in [1.807, 2.05) is 0 Å². The average Bonchev–Trinajstić information content (AvgIpc) is 3.23. The lowest BCUT2D eigenvalue weighted by Gasteiger charge is -2.16. The summed E-state index contributed by atoms with van der Waals surface area (Å²) in [5, 5.41) is 17.5. The van der Waals surface area contributed by atoms with Gasteiger partial charge in [-0.2, -0.15) is 5.10 Å². The van der Waals surface area contributed by atoms with Gasteiger partial charge in [0.1, 0.15) is 17.3 Å². The molecule has 0 atom stereocenters.